The predicted octanol–water partition coefficient (Wildman–Crippen LogP) is 3.89. The monoisotopic (exact) mass is 326 g/mol. The van der Waals surface area contributed by atoms with Crippen molar-refractivity contribution in [3.05, 3.63) is 53.7 Å². The molecule has 0 fully saturated rings. The molecule has 0 bridgehead atoms. The summed E-state index contributed by atoms with van der Waals surface area (Å²) in [4.78, 5) is 12.0. The van der Waals surface area contributed by atoms with Crippen LogP contribution in [0.4, 0.5) is 0 Å². The maximum absolute atomic E-state index is 12.0. The van der Waals surface area contributed by atoms with Gasteiger partial charge in [-0.25, -0.2) is 5.43 Å². The van der Waals surface area contributed by atoms with E-state index in [-0.39, 0.29) is 5.91 Å². The first-order valence-electron chi connectivity index (χ1n) is 7.64. The summed E-state index contributed by atoms with van der Waals surface area (Å²) in [5, 5.41) is 5.02. The molecule has 124 valence electrons. The summed E-state index contributed by atoms with van der Waals surface area (Å²) in [6.07, 6.45) is 1.47. The van der Waals surface area contributed by atoms with E-state index in [0.717, 1.165) is 5.39 Å². The number of carbonyl (C=O) groups is 1. The minimum absolute atomic E-state index is 0.327. The second-order valence-corrected chi connectivity index (χ2v) is 5.25. The van der Waals surface area contributed by atoms with Crippen molar-refractivity contribution in [2.24, 2.45) is 5.10 Å². The second kappa shape index (κ2) is 6.62. The number of nitrogens with zero attached hydrogens (tertiary/aromatic N) is 1. The third-order valence-electron chi connectivity index (χ3n) is 3.59. The van der Waals surface area contributed by atoms with Gasteiger partial charge in [0.15, 0.2) is 17.1 Å². The number of nitrogens with one attached hydrogen (secondary N) is 1. The highest BCUT2D eigenvalue weighted by Crippen LogP contribution is 2.29. The fourth-order valence-corrected chi connectivity index (χ4v) is 2.35. The molecule has 1 aromatic carbocycles. The smallest absolute Gasteiger partial charge is 0.274 e. The number of benzene rings is 1. The van der Waals surface area contributed by atoms with Crippen LogP contribution in [0.2, 0.25) is 0 Å². The van der Waals surface area contributed by atoms with Gasteiger partial charge in [-0.3, -0.25) is 4.79 Å². The van der Waals surface area contributed by atoms with Gasteiger partial charge in [0.05, 0.1) is 18.4 Å². The van der Waals surface area contributed by atoms with Gasteiger partial charge >= 0.3 is 0 Å². The minimum Gasteiger partial charge on any atom is -0.490 e. The van der Waals surface area contributed by atoms with Crippen LogP contribution in [0.25, 0.3) is 11.0 Å². The SMILES string of the molecule is CCOc1cccc2cc(/C(C)=N/NC(=O)c3ccoc3C)oc12. The van der Waals surface area contributed by atoms with Gasteiger partial charge < -0.3 is 13.6 Å². The molecule has 6 nitrogen and oxygen atoms in total. The lowest BCUT2D eigenvalue weighted by atomic mass is 10.2. The summed E-state index contributed by atoms with van der Waals surface area (Å²) < 4.78 is 16.5. The van der Waals surface area contributed by atoms with E-state index in [4.69, 9.17) is 13.6 Å². The Morgan fingerprint density at radius 1 is 1.33 bits per heavy atom. The highest BCUT2D eigenvalue weighted by molar-refractivity contribution is 6.02. The van der Waals surface area contributed by atoms with Crippen LogP contribution >= 0.6 is 0 Å². The molecule has 3 rings (SSSR count). The summed E-state index contributed by atoms with van der Waals surface area (Å²) in [5.74, 6) is 1.48. The molecule has 2 aromatic heterocycles. The summed E-state index contributed by atoms with van der Waals surface area (Å²) >= 11 is 0. The van der Waals surface area contributed by atoms with Gasteiger partial charge in [-0.2, -0.15) is 5.10 Å². The van der Waals surface area contributed by atoms with Crippen molar-refractivity contribution in [1.82, 2.24) is 5.43 Å². The van der Waals surface area contributed by atoms with Crippen LogP contribution in [-0.2, 0) is 0 Å². The molecule has 0 saturated heterocycles. The Labute approximate surface area is 139 Å². The van der Waals surface area contributed by atoms with Crippen LogP contribution in [0.1, 0.15) is 35.7 Å². The zero-order valence-corrected chi connectivity index (χ0v) is 13.8. The molecular weight excluding hydrogens is 308 g/mol. The van der Waals surface area contributed by atoms with Crippen molar-refractivity contribution >= 4 is 22.6 Å². The van der Waals surface area contributed by atoms with Crippen LogP contribution < -0.4 is 10.2 Å². The van der Waals surface area contributed by atoms with E-state index in [2.05, 4.69) is 10.5 Å². The third kappa shape index (κ3) is 3.03. The van der Waals surface area contributed by atoms with E-state index < -0.39 is 0 Å². The zero-order chi connectivity index (χ0) is 17.1. The molecule has 0 atom stereocenters. The summed E-state index contributed by atoms with van der Waals surface area (Å²) in [6.45, 7) is 5.96. The van der Waals surface area contributed by atoms with E-state index in [0.29, 0.717) is 40.7 Å². The number of fused-ring (bicyclic) bond motifs is 1. The quantitative estimate of drug-likeness (QED) is 0.570. The Hall–Kier alpha value is -3.02. The zero-order valence-electron chi connectivity index (χ0n) is 13.8. The molecule has 1 amide bonds. The lowest BCUT2D eigenvalue weighted by molar-refractivity contribution is 0.0953. The Bertz CT molecular complexity index is 905. The number of hydrogen-bond donors (Lipinski definition) is 1. The lowest BCUT2D eigenvalue weighted by Gasteiger charge is -2.02. The molecule has 6 heteroatoms. The number of para-hydroxylation sites is 1. The van der Waals surface area contributed by atoms with Crippen LogP contribution in [0.15, 0.2) is 50.5 Å². The van der Waals surface area contributed by atoms with Gasteiger partial charge in [-0.05, 0) is 39.0 Å². The molecule has 0 aliphatic heterocycles. The highest BCUT2D eigenvalue weighted by Gasteiger charge is 2.13. The molecule has 24 heavy (non-hydrogen) atoms. The van der Waals surface area contributed by atoms with Gasteiger partial charge in [0.2, 0.25) is 0 Å². The summed E-state index contributed by atoms with van der Waals surface area (Å²) in [7, 11) is 0. The number of hydrogen-bond acceptors (Lipinski definition) is 5. The number of rotatable bonds is 5. The Morgan fingerprint density at radius 3 is 2.88 bits per heavy atom. The van der Waals surface area contributed by atoms with Crippen LogP contribution in [0, 0.1) is 6.92 Å². The molecule has 0 radical (unpaired) electrons. The maximum atomic E-state index is 12.0. The number of amides is 1. The van der Waals surface area contributed by atoms with Crippen molar-refractivity contribution < 1.29 is 18.4 Å². The second-order valence-electron chi connectivity index (χ2n) is 5.25. The first-order valence-corrected chi connectivity index (χ1v) is 7.64. The number of hydrazone groups is 1. The first-order chi connectivity index (χ1) is 11.6. The molecule has 0 aliphatic rings. The first kappa shape index (κ1) is 15.9. The topological polar surface area (TPSA) is 77.0 Å². The molecule has 3 aromatic rings. The van der Waals surface area contributed by atoms with Crippen LogP contribution in [0.5, 0.6) is 5.75 Å². The highest BCUT2D eigenvalue weighted by atomic mass is 16.5. The molecule has 0 unspecified atom stereocenters. The standard InChI is InChI=1S/C18H18N2O4/c1-4-22-15-7-5-6-13-10-16(24-17(13)15)11(2)19-20-18(21)14-8-9-23-12(14)3/h5-10H,4H2,1-3H3,(H,20,21)/b19-11+. The van der Waals surface area contributed by atoms with Gasteiger partial charge in [-0.15, -0.1) is 0 Å². The van der Waals surface area contributed by atoms with Gasteiger partial charge in [0, 0.05) is 5.39 Å². The predicted molar refractivity (Wildman–Crippen MR) is 90.5 cm³/mol. The Morgan fingerprint density at radius 2 is 2.17 bits per heavy atom. The summed E-state index contributed by atoms with van der Waals surface area (Å²) in [5.41, 5.74) is 4.19. The van der Waals surface area contributed by atoms with Crippen molar-refractivity contribution in [2.75, 3.05) is 6.61 Å². The largest absolute Gasteiger partial charge is 0.490 e. The fourth-order valence-electron chi connectivity index (χ4n) is 2.35. The van der Waals surface area contributed by atoms with Gasteiger partial charge in [0.25, 0.3) is 5.91 Å². The van der Waals surface area contributed by atoms with Crippen molar-refractivity contribution in [3.8, 4) is 5.75 Å². The molecular formula is C18H18N2O4. The maximum Gasteiger partial charge on any atom is 0.274 e. The number of ether oxygens (including phenoxy) is 1. The number of furan rings is 2. The van der Waals surface area contributed by atoms with E-state index in [1.165, 1.54) is 6.26 Å². The van der Waals surface area contributed by atoms with E-state index >= 15 is 0 Å². The van der Waals surface area contributed by atoms with Crippen LogP contribution in [-0.4, -0.2) is 18.2 Å². The molecule has 1 N–H and O–H groups in total. The third-order valence-corrected chi connectivity index (χ3v) is 3.59. The fraction of sp³-hybridized carbons (Fsp3) is 0.222. The van der Waals surface area contributed by atoms with E-state index in [1.54, 1.807) is 19.9 Å². The molecule has 2 heterocycles. The average Bonchev–Trinajstić information content (AvgIpc) is 3.19. The Kier molecular flexibility index (Phi) is 4.37. The number of aryl methyl sites for hydroxylation is 1. The summed E-state index contributed by atoms with van der Waals surface area (Å²) in [6, 6.07) is 9.17. The molecule has 0 saturated carbocycles. The molecule has 0 spiro atoms. The minimum atomic E-state index is -0.327. The van der Waals surface area contributed by atoms with Crippen molar-refractivity contribution in [1.29, 1.82) is 0 Å². The van der Waals surface area contributed by atoms with Crippen molar-refractivity contribution in [2.45, 2.75) is 20.8 Å². The molecule has 0 aliphatic carbocycles. The number of carbonyl (C=O) groups excluding carboxylic acids is 1. The van der Waals surface area contributed by atoms with Crippen molar-refractivity contribution in [3.63, 3.8) is 0 Å². The lowest BCUT2D eigenvalue weighted by Crippen LogP contribution is -2.19. The average molecular weight is 326 g/mol. The van der Waals surface area contributed by atoms with Crippen LogP contribution in [0.3, 0.4) is 0 Å². The van der Waals surface area contributed by atoms with Gasteiger partial charge in [0.1, 0.15) is 11.5 Å². The van der Waals surface area contributed by atoms with Gasteiger partial charge in [-0.1, -0.05) is 12.1 Å². The van der Waals surface area contributed by atoms with E-state index in [1.807, 2.05) is 31.2 Å². The van der Waals surface area contributed by atoms with E-state index in [9.17, 15) is 4.79 Å². The normalized spacial score (nSPS) is 11.7. The Balaban J connectivity index is 1.83.